The molecule has 1 fully saturated rings. The molecule has 2 heterocycles. The van der Waals surface area contributed by atoms with Gasteiger partial charge in [0.25, 0.3) is 0 Å². The lowest BCUT2D eigenvalue weighted by Crippen LogP contribution is -2.48. The molecule has 0 radical (unpaired) electrons. The molecule has 24 heavy (non-hydrogen) atoms. The Labute approximate surface area is 143 Å². The van der Waals surface area contributed by atoms with Crippen molar-refractivity contribution in [3.8, 4) is 10.8 Å². The van der Waals surface area contributed by atoms with Gasteiger partial charge in [0.2, 0.25) is 5.91 Å². The summed E-state index contributed by atoms with van der Waals surface area (Å²) in [7, 11) is 0. The van der Waals surface area contributed by atoms with Crippen LogP contribution in [-0.2, 0) is 16.0 Å². The lowest BCUT2D eigenvalue weighted by molar-refractivity contribution is -0.139. The van der Waals surface area contributed by atoms with Crippen LogP contribution in [0.1, 0.15) is 43.6 Å². The highest BCUT2D eigenvalue weighted by Gasteiger charge is 2.37. The summed E-state index contributed by atoms with van der Waals surface area (Å²) in [6.07, 6.45) is 3.47. The Kier molecular flexibility index (Phi) is 4.71. The Morgan fingerprint density at radius 3 is 2.75 bits per heavy atom. The largest absolute Gasteiger partial charge is 0.481 e. The number of nitrogens with one attached hydrogen (secondary N) is 1. The van der Waals surface area contributed by atoms with E-state index in [0.29, 0.717) is 11.5 Å². The Hall–Kier alpha value is -2.15. The van der Waals surface area contributed by atoms with Gasteiger partial charge < -0.3 is 14.8 Å². The normalized spacial score (nSPS) is 16.2. The zero-order valence-corrected chi connectivity index (χ0v) is 14.3. The average Bonchev–Trinajstić information content (AvgIpc) is 3.20. The fraction of sp³-hybridized carbons (Fsp3) is 0.471. The van der Waals surface area contributed by atoms with E-state index >= 15 is 0 Å². The maximum Gasteiger partial charge on any atom is 0.305 e. The van der Waals surface area contributed by atoms with Crippen molar-refractivity contribution in [2.45, 2.75) is 51.0 Å². The van der Waals surface area contributed by atoms with Gasteiger partial charge in [-0.3, -0.25) is 9.59 Å². The number of nitrogens with zero attached hydrogens (tertiary/aromatic N) is 1. The van der Waals surface area contributed by atoms with Crippen LogP contribution in [0.15, 0.2) is 21.9 Å². The molecule has 2 aromatic rings. The highest BCUT2D eigenvalue weighted by Crippen LogP contribution is 2.33. The van der Waals surface area contributed by atoms with Crippen LogP contribution in [0.5, 0.6) is 0 Å². The number of thiazole rings is 1. The van der Waals surface area contributed by atoms with E-state index in [2.05, 4.69) is 10.3 Å². The molecule has 0 aromatic carbocycles. The molecular weight excluding hydrogens is 328 g/mol. The Bertz CT molecular complexity index is 743. The Balaban J connectivity index is 1.64. The van der Waals surface area contributed by atoms with Gasteiger partial charge in [-0.2, -0.15) is 0 Å². The van der Waals surface area contributed by atoms with Gasteiger partial charge >= 0.3 is 5.97 Å². The SMILES string of the molecule is Cc1ccc(-c2nc(CC(=O)NC3(CC(=O)O)CCCC3)cs2)o1. The second-order valence-corrected chi connectivity index (χ2v) is 7.20. The first-order chi connectivity index (χ1) is 11.5. The summed E-state index contributed by atoms with van der Waals surface area (Å²) in [4.78, 5) is 27.9. The minimum atomic E-state index is -0.874. The molecule has 1 aliphatic rings. The molecule has 0 saturated heterocycles. The number of hydrogen-bond acceptors (Lipinski definition) is 5. The van der Waals surface area contributed by atoms with E-state index in [1.54, 1.807) is 0 Å². The number of carboxylic acids is 1. The van der Waals surface area contributed by atoms with E-state index in [1.165, 1.54) is 11.3 Å². The molecule has 128 valence electrons. The third-order valence-corrected chi connectivity index (χ3v) is 5.21. The van der Waals surface area contributed by atoms with Crippen molar-refractivity contribution in [2.24, 2.45) is 0 Å². The fourth-order valence-corrected chi connectivity index (χ4v) is 4.02. The second kappa shape index (κ2) is 6.76. The van der Waals surface area contributed by atoms with Crippen LogP contribution in [0.4, 0.5) is 0 Å². The molecule has 1 amide bonds. The molecule has 0 atom stereocenters. The number of rotatable bonds is 6. The quantitative estimate of drug-likeness (QED) is 0.836. The predicted molar refractivity (Wildman–Crippen MR) is 89.9 cm³/mol. The molecule has 6 nitrogen and oxygen atoms in total. The third kappa shape index (κ3) is 3.84. The number of carbonyl (C=O) groups excluding carboxylic acids is 1. The summed E-state index contributed by atoms with van der Waals surface area (Å²) in [6.45, 7) is 1.87. The average molecular weight is 348 g/mol. The second-order valence-electron chi connectivity index (χ2n) is 6.34. The summed E-state index contributed by atoms with van der Waals surface area (Å²) >= 11 is 1.43. The minimum absolute atomic E-state index is 0.0211. The first-order valence-electron chi connectivity index (χ1n) is 8.00. The van der Waals surface area contributed by atoms with E-state index in [4.69, 9.17) is 9.52 Å². The predicted octanol–water partition coefficient (Wildman–Crippen LogP) is 3.16. The van der Waals surface area contributed by atoms with Crippen LogP contribution < -0.4 is 5.32 Å². The Morgan fingerprint density at radius 1 is 1.38 bits per heavy atom. The van der Waals surface area contributed by atoms with Gasteiger partial charge in [0.05, 0.1) is 24.1 Å². The van der Waals surface area contributed by atoms with Gasteiger partial charge in [0.15, 0.2) is 10.8 Å². The van der Waals surface area contributed by atoms with Crippen molar-refractivity contribution in [2.75, 3.05) is 0 Å². The monoisotopic (exact) mass is 348 g/mol. The molecule has 1 saturated carbocycles. The Morgan fingerprint density at radius 2 is 2.12 bits per heavy atom. The molecule has 0 unspecified atom stereocenters. The van der Waals surface area contributed by atoms with Gasteiger partial charge in [-0.25, -0.2) is 4.98 Å². The first-order valence-corrected chi connectivity index (χ1v) is 8.88. The lowest BCUT2D eigenvalue weighted by atomic mass is 9.93. The van der Waals surface area contributed by atoms with Crippen molar-refractivity contribution in [1.82, 2.24) is 10.3 Å². The zero-order chi connectivity index (χ0) is 17.2. The number of aliphatic carboxylic acids is 1. The van der Waals surface area contributed by atoms with E-state index < -0.39 is 11.5 Å². The minimum Gasteiger partial charge on any atom is -0.481 e. The molecule has 0 spiro atoms. The molecule has 0 bridgehead atoms. The molecule has 3 rings (SSSR count). The summed E-state index contributed by atoms with van der Waals surface area (Å²) in [5.41, 5.74) is 0.0740. The first kappa shape index (κ1) is 16.7. The lowest BCUT2D eigenvalue weighted by Gasteiger charge is -2.28. The van der Waals surface area contributed by atoms with E-state index in [9.17, 15) is 9.59 Å². The zero-order valence-electron chi connectivity index (χ0n) is 13.5. The van der Waals surface area contributed by atoms with Crippen molar-refractivity contribution >= 4 is 23.2 Å². The van der Waals surface area contributed by atoms with Crippen molar-refractivity contribution in [3.05, 3.63) is 29.0 Å². The van der Waals surface area contributed by atoms with Gasteiger partial charge in [-0.15, -0.1) is 11.3 Å². The summed E-state index contributed by atoms with van der Waals surface area (Å²) in [5.74, 6) is 0.464. The van der Waals surface area contributed by atoms with Crippen molar-refractivity contribution < 1.29 is 19.1 Å². The molecular formula is C17H20N2O4S. The van der Waals surface area contributed by atoms with Crippen molar-refractivity contribution in [3.63, 3.8) is 0 Å². The van der Waals surface area contributed by atoms with Gasteiger partial charge in [0, 0.05) is 5.38 Å². The summed E-state index contributed by atoms with van der Waals surface area (Å²) in [6, 6.07) is 3.73. The number of hydrogen-bond donors (Lipinski definition) is 2. The number of amides is 1. The topological polar surface area (TPSA) is 92.4 Å². The van der Waals surface area contributed by atoms with Crippen LogP contribution in [0.25, 0.3) is 10.8 Å². The van der Waals surface area contributed by atoms with E-state index in [-0.39, 0.29) is 18.7 Å². The molecule has 1 aliphatic carbocycles. The number of carbonyl (C=O) groups is 2. The molecule has 7 heteroatoms. The highest BCUT2D eigenvalue weighted by molar-refractivity contribution is 7.13. The van der Waals surface area contributed by atoms with Crippen LogP contribution in [0.2, 0.25) is 0 Å². The van der Waals surface area contributed by atoms with Gasteiger partial charge in [-0.1, -0.05) is 12.8 Å². The molecule has 2 N–H and O–H groups in total. The van der Waals surface area contributed by atoms with Crippen LogP contribution >= 0.6 is 11.3 Å². The number of carboxylic acid groups (broad SMARTS) is 1. The highest BCUT2D eigenvalue weighted by atomic mass is 32.1. The maximum absolute atomic E-state index is 12.3. The van der Waals surface area contributed by atoms with Gasteiger partial charge in [0.1, 0.15) is 5.76 Å². The number of aromatic nitrogens is 1. The number of furan rings is 1. The summed E-state index contributed by atoms with van der Waals surface area (Å²) in [5, 5.41) is 14.6. The van der Waals surface area contributed by atoms with Crippen LogP contribution in [0.3, 0.4) is 0 Å². The van der Waals surface area contributed by atoms with E-state index in [0.717, 1.165) is 36.5 Å². The smallest absolute Gasteiger partial charge is 0.305 e. The third-order valence-electron chi connectivity index (χ3n) is 4.30. The van der Waals surface area contributed by atoms with Crippen LogP contribution in [0, 0.1) is 6.92 Å². The van der Waals surface area contributed by atoms with E-state index in [1.807, 2.05) is 24.4 Å². The van der Waals surface area contributed by atoms with Gasteiger partial charge in [-0.05, 0) is 31.9 Å². The standard InChI is InChI=1S/C17H20N2O4S/c1-11-4-5-13(23-11)16-18-12(10-24-16)8-14(20)19-17(9-15(21)22)6-2-3-7-17/h4-5,10H,2-3,6-9H2,1H3,(H,19,20)(H,21,22). The fourth-order valence-electron chi connectivity index (χ4n) is 3.24. The molecule has 2 aromatic heterocycles. The summed E-state index contributed by atoms with van der Waals surface area (Å²) < 4.78 is 5.54. The van der Waals surface area contributed by atoms with Crippen LogP contribution in [-0.4, -0.2) is 27.5 Å². The maximum atomic E-state index is 12.3. The van der Waals surface area contributed by atoms with Crippen molar-refractivity contribution in [1.29, 1.82) is 0 Å². The molecule has 0 aliphatic heterocycles. The number of aryl methyl sites for hydroxylation is 1.